The fraction of sp³-hybridized carbons (Fsp3) is 0.455. The summed E-state index contributed by atoms with van der Waals surface area (Å²) in [5.41, 5.74) is 0.973. The van der Waals surface area contributed by atoms with E-state index in [0.29, 0.717) is 18.4 Å². The highest BCUT2D eigenvalue weighted by atomic mass is 16.5. The summed E-state index contributed by atoms with van der Waals surface area (Å²) in [5, 5.41) is 0. The minimum Gasteiger partial charge on any atom is -0.473 e. The molecular weight excluding hydrogens is 176 g/mol. The van der Waals surface area contributed by atoms with Crippen LogP contribution in [-0.4, -0.2) is 16.6 Å². The van der Waals surface area contributed by atoms with Crippen molar-refractivity contribution in [1.82, 2.24) is 9.97 Å². The summed E-state index contributed by atoms with van der Waals surface area (Å²) in [5.74, 6) is 2.17. The molecule has 1 aromatic rings. The Morgan fingerprint density at radius 2 is 2.36 bits per heavy atom. The van der Waals surface area contributed by atoms with E-state index in [-0.39, 0.29) is 0 Å². The van der Waals surface area contributed by atoms with Crippen molar-refractivity contribution >= 4 is 0 Å². The maximum Gasteiger partial charge on any atom is 0.217 e. The number of hydrogen-bond acceptors (Lipinski definition) is 3. The van der Waals surface area contributed by atoms with Gasteiger partial charge in [-0.25, -0.2) is 4.98 Å². The van der Waals surface area contributed by atoms with Crippen LogP contribution >= 0.6 is 0 Å². The predicted molar refractivity (Wildman–Crippen MR) is 54.4 cm³/mol. The summed E-state index contributed by atoms with van der Waals surface area (Å²) in [6.07, 6.45) is 4.14. The average Bonchev–Trinajstić information content (AvgIpc) is 2.97. The van der Waals surface area contributed by atoms with E-state index in [1.807, 2.05) is 13.0 Å². The SMILES string of the molecule is C=CCOc1cc(C)nc(C2CC2)n1. The highest BCUT2D eigenvalue weighted by Crippen LogP contribution is 2.38. The Hall–Kier alpha value is -1.38. The molecule has 74 valence electrons. The molecule has 3 heteroatoms. The lowest BCUT2D eigenvalue weighted by atomic mass is 10.3. The van der Waals surface area contributed by atoms with E-state index < -0.39 is 0 Å². The third-order valence-corrected chi connectivity index (χ3v) is 2.14. The van der Waals surface area contributed by atoms with Crippen LogP contribution in [0, 0.1) is 6.92 Å². The Morgan fingerprint density at radius 1 is 1.57 bits per heavy atom. The first-order valence-electron chi connectivity index (χ1n) is 4.89. The fourth-order valence-electron chi connectivity index (χ4n) is 1.30. The van der Waals surface area contributed by atoms with Crippen molar-refractivity contribution in [3.05, 3.63) is 30.2 Å². The second-order valence-corrected chi connectivity index (χ2v) is 3.58. The fourth-order valence-corrected chi connectivity index (χ4v) is 1.30. The number of aromatic nitrogens is 2. The molecule has 0 N–H and O–H groups in total. The second kappa shape index (κ2) is 3.78. The van der Waals surface area contributed by atoms with Gasteiger partial charge in [-0.1, -0.05) is 12.7 Å². The molecule has 1 aliphatic rings. The van der Waals surface area contributed by atoms with Crippen molar-refractivity contribution in [2.45, 2.75) is 25.7 Å². The molecule has 1 fully saturated rings. The van der Waals surface area contributed by atoms with Crippen molar-refractivity contribution in [2.75, 3.05) is 6.61 Å². The van der Waals surface area contributed by atoms with E-state index in [2.05, 4.69) is 16.5 Å². The maximum atomic E-state index is 5.39. The molecule has 0 atom stereocenters. The molecule has 0 amide bonds. The Balaban J connectivity index is 2.17. The second-order valence-electron chi connectivity index (χ2n) is 3.58. The van der Waals surface area contributed by atoms with Gasteiger partial charge in [0.25, 0.3) is 0 Å². The number of ether oxygens (including phenoxy) is 1. The van der Waals surface area contributed by atoms with Gasteiger partial charge in [-0.2, -0.15) is 4.98 Å². The third kappa shape index (κ3) is 2.10. The quantitative estimate of drug-likeness (QED) is 0.683. The Kier molecular flexibility index (Phi) is 2.48. The molecule has 3 nitrogen and oxygen atoms in total. The largest absolute Gasteiger partial charge is 0.473 e. The van der Waals surface area contributed by atoms with Crippen LogP contribution in [0.3, 0.4) is 0 Å². The molecule has 1 saturated carbocycles. The van der Waals surface area contributed by atoms with Gasteiger partial charge >= 0.3 is 0 Å². The minimum atomic E-state index is 0.501. The van der Waals surface area contributed by atoms with Gasteiger partial charge in [-0.15, -0.1) is 0 Å². The van der Waals surface area contributed by atoms with Crippen LogP contribution < -0.4 is 4.74 Å². The van der Waals surface area contributed by atoms with E-state index in [1.165, 1.54) is 12.8 Å². The van der Waals surface area contributed by atoms with Crippen molar-refractivity contribution in [2.24, 2.45) is 0 Å². The summed E-state index contributed by atoms with van der Waals surface area (Å²) in [7, 11) is 0. The zero-order valence-electron chi connectivity index (χ0n) is 8.36. The lowest BCUT2D eigenvalue weighted by Crippen LogP contribution is -2.01. The Morgan fingerprint density at radius 3 is 3.00 bits per heavy atom. The van der Waals surface area contributed by atoms with Crippen LogP contribution in [-0.2, 0) is 0 Å². The summed E-state index contributed by atoms with van der Waals surface area (Å²) in [6.45, 7) is 6.07. The van der Waals surface area contributed by atoms with Gasteiger partial charge in [0.15, 0.2) is 0 Å². The average molecular weight is 190 g/mol. The number of hydrogen-bond donors (Lipinski definition) is 0. The molecular formula is C11H14N2O. The van der Waals surface area contributed by atoms with Gasteiger partial charge in [0.1, 0.15) is 12.4 Å². The van der Waals surface area contributed by atoms with Crippen molar-refractivity contribution in [1.29, 1.82) is 0 Å². The summed E-state index contributed by atoms with van der Waals surface area (Å²) in [4.78, 5) is 8.74. The molecule has 0 unspecified atom stereocenters. The predicted octanol–water partition coefficient (Wildman–Crippen LogP) is 2.23. The molecule has 0 radical (unpaired) electrons. The summed E-state index contributed by atoms with van der Waals surface area (Å²) < 4.78 is 5.39. The molecule has 0 spiro atoms. The third-order valence-electron chi connectivity index (χ3n) is 2.14. The van der Waals surface area contributed by atoms with Crippen LogP contribution in [0.4, 0.5) is 0 Å². The first-order valence-corrected chi connectivity index (χ1v) is 4.89. The first-order chi connectivity index (χ1) is 6.79. The Bertz CT molecular complexity index is 345. The lowest BCUT2D eigenvalue weighted by Gasteiger charge is -2.05. The Labute approximate surface area is 83.8 Å². The van der Waals surface area contributed by atoms with Crippen LogP contribution in [0.25, 0.3) is 0 Å². The number of rotatable bonds is 4. The minimum absolute atomic E-state index is 0.501. The maximum absolute atomic E-state index is 5.39. The molecule has 0 saturated heterocycles. The van der Waals surface area contributed by atoms with Crippen molar-refractivity contribution in [3.63, 3.8) is 0 Å². The van der Waals surface area contributed by atoms with Crippen LogP contribution in [0.1, 0.15) is 30.3 Å². The molecule has 1 aliphatic carbocycles. The molecule has 0 bridgehead atoms. The standard InChI is InChI=1S/C11H14N2O/c1-3-6-14-10-7-8(2)12-11(13-10)9-4-5-9/h3,7,9H,1,4-6H2,2H3. The lowest BCUT2D eigenvalue weighted by molar-refractivity contribution is 0.346. The topological polar surface area (TPSA) is 35.0 Å². The van der Waals surface area contributed by atoms with E-state index in [4.69, 9.17) is 4.74 Å². The summed E-state index contributed by atoms with van der Waals surface area (Å²) in [6, 6.07) is 1.86. The van der Waals surface area contributed by atoms with Gasteiger partial charge in [0, 0.05) is 17.7 Å². The normalized spacial score (nSPS) is 15.2. The first kappa shape index (κ1) is 9.19. The van der Waals surface area contributed by atoms with Gasteiger partial charge in [-0.05, 0) is 19.8 Å². The smallest absolute Gasteiger partial charge is 0.217 e. The van der Waals surface area contributed by atoms with E-state index >= 15 is 0 Å². The van der Waals surface area contributed by atoms with Crippen LogP contribution in [0.15, 0.2) is 18.7 Å². The van der Waals surface area contributed by atoms with Crippen LogP contribution in [0.5, 0.6) is 5.88 Å². The monoisotopic (exact) mass is 190 g/mol. The van der Waals surface area contributed by atoms with Crippen molar-refractivity contribution < 1.29 is 4.74 Å². The van der Waals surface area contributed by atoms with E-state index in [1.54, 1.807) is 6.08 Å². The zero-order chi connectivity index (χ0) is 9.97. The molecule has 1 aromatic heterocycles. The molecule has 1 heterocycles. The van der Waals surface area contributed by atoms with Gasteiger partial charge in [0.05, 0.1) is 0 Å². The molecule has 2 rings (SSSR count). The highest BCUT2D eigenvalue weighted by Gasteiger charge is 2.27. The summed E-state index contributed by atoms with van der Waals surface area (Å²) >= 11 is 0. The van der Waals surface area contributed by atoms with Crippen molar-refractivity contribution in [3.8, 4) is 5.88 Å². The zero-order valence-corrected chi connectivity index (χ0v) is 8.36. The van der Waals surface area contributed by atoms with Crippen LogP contribution in [0.2, 0.25) is 0 Å². The van der Waals surface area contributed by atoms with Gasteiger partial charge in [0.2, 0.25) is 5.88 Å². The van der Waals surface area contributed by atoms with Gasteiger partial charge in [-0.3, -0.25) is 0 Å². The molecule has 14 heavy (non-hydrogen) atoms. The highest BCUT2D eigenvalue weighted by molar-refractivity contribution is 5.19. The van der Waals surface area contributed by atoms with Gasteiger partial charge < -0.3 is 4.74 Å². The molecule has 0 aliphatic heterocycles. The number of nitrogens with zero attached hydrogens (tertiary/aromatic N) is 2. The number of aryl methyl sites for hydroxylation is 1. The van der Waals surface area contributed by atoms with E-state index in [0.717, 1.165) is 11.5 Å². The molecule has 0 aromatic carbocycles. The van der Waals surface area contributed by atoms with E-state index in [9.17, 15) is 0 Å².